The molecule has 0 aromatic heterocycles. The topological polar surface area (TPSA) is 110 Å². The minimum Gasteiger partial charge on any atom is -0.363 e. The molecule has 9 heteroatoms. The van der Waals surface area contributed by atoms with Crippen LogP contribution in [0.25, 0.3) is 0 Å². The molecule has 31 heavy (non-hydrogen) atoms. The number of likely N-dealkylation sites (tertiary alicyclic amines) is 1. The molecular formula is C22H21F2N3O4. The van der Waals surface area contributed by atoms with Gasteiger partial charge in [-0.25, -0.2) is 8.78 Å². The van der Waals surface area contributed by atoms with Crippen LogP contribution in [-0.4, -0.2) is 40.5 Å². The zero-order valence-corrected chi connectivity index (χ0v) is 16.5. The standard InChI is InChI=1S/C22H21F2N3O4/c23-15-8-14(9-16(24)11-15)12-27-18(6-7-19(27)28)22(31)26-17(20(29)21(25)30)10-13-4-2-1-3-5-13/h1-5,8-9,11,17-18H,6-7,10,12H2,(H2,25,30)(H,26,31)/t17?,18-/m0/s1. The molecule has 3 N–H and O–H groups in total. The first kappa shape index (κ1) is 22.1. The van der Waals surface area contributed by atoms with Crippen molar-refractivity contribution in [2.24, 2.45) is 5.73 Å². The Morgan fingerprint density at radius 1 is 1.06 bits per heavy atom. The summed E-state index contributed by atoms with van der Waals surface area (Å²) in [6.07, 6.45) is 0.290. The summed E-state index contributed by atoms with van der Waals surface area (Å²) in [4.78, 5) is 50.1. The van der Waals surface area contributed by atoms with E-state index in [1.807, 2.05) is 0 Å². The molecule has 0 radical (unpaired) electrons. The van der Waals surface area contributed by atoms with Crippen LogP contribution in [0.1, 0.15) is 24.0 Å². The van der Waals surface area contributed by atoms with Crippen molar-refractivity contribution in [3.63, 3.8) is 0 Å². The van der Waals surface area contributed by atoms with Crippen molar-refractivity contribution in [1.82, 2.24) is 10.2 Å². The molecule has 2 aromatic carbocycles. The second-order valence-electron chi connectivity index (χ2n) is 7.33. The maximum atomic E-state index is 13.5. The number of nitrogens with one attached hydrogen (secondary N) is 1. The van der Waals surface area contributed by atoms with E-state index in [4.69, 9.17) is 5.73 Å². The van der Waals surface area contributed by atoms with Crippen LogP contribution in [0.2, 0.25) is 0 Å². The van der Waals surface area contributed by atoms with E-state index in [1.165, 1.54) is 4.90 Å². The van der Waals surface area contributed by atoms with Crippen molar-refractivity contribution in [3.8, 4) is 0 Å². The number of carbonyl (C=O) groups excluding carboxylic acids is 4. The molecule has 0 bridgehead atoms. The van der Waals surface area contributed by atoms with E-state index >= 15 is 0 Å². The van der Waals surface area contributed by atoms with E-state index in [0.717, 1.165) is 12.1 Å². The quantitative estimate of drug-likeness (QED) is 0.615. The normalized spacial score (nSPS) is 16.8. The summed E-state index contributed by atoms with van der Waals surface area (Å²) in [6.45, 7) is -0.168. The van der Waals surface area contributed by atoms with Crippen LogP contribution in [0.15, 0.2) is 48.5 Å². The number of nitrogens with two attached hydrogens (primary N) is 1. The van der Waals surface area contributed by atoms with Gasteiger partial charge in [0.2, 0.25) is 17.6 Å². The zero-order valence-electron chi connectivity index (χ0n) is 16.5. The van der Waals surface area contributed by atoms with Gasteiger partial charge in [-0.2, -0.15) is 0 Å². The number of ketones is 1. The van der Waals surface area contributed by atoms with Gasteiger partial charge < -0.3 is 16.0 Å². The number of rotatable bonds is 8. The molecule has 0 aliphatic carbocycles. The molecule has 1 unspecified atom stereocenters. The van der Waals surface area contributed by atoms with E-state index in [2.05, 4.69) is 5.32 Å². The smallest absolute Gasteiger partial charge is 0.287 e. The molecule has 162 valence electrons. The lowest BCUT2D eigenvalue weighted by molar-refractivity contribution is -0.140. The van der Waals surface area contributed by atoms with Gasteiger partial charge in [0.15, 0.2) is 0 Å². The second-order valence-corrected chi connectivity index (χ2v) is 7.33. The van der Waals surface area contributed by atoms with Crippen molar-refractivity contribution in [3.05, 3.63) is 71.3 Å². The molecule has 1 aliphatic heterocycles. The van der Waals surface area contributed by atoms with Crippen LogP contribution in [-0.2, 0) is 32.1 Å². The molecule has 1 saturated heterocycles. The second kappa shape index (κ2) is 9.46. The molecule has 3 amide bonds. The SMILES string of the molecule is NC(=O)C(=O)C(Cc1ccccc1)NC(=O)[C@@H]1CCC(=O)N1Cc1cc(F)cc(F)c1. The highest BCUT2D eigenvalue weighted by Gasteiger charge is 2.38. The first-order valence-electron chi connectivity index (χ1n) is 9.67. The highest BCUT2D eigenvalue weighted by atomic mass is 19.1. The molecule has 3 rings (SSSR count). The van der Waals surface area contributed by atoms with E-state index in [1.54, 1.807) is 30.3 Å². The van der Waals surface area contributed by atoms with Gasteiger partial charge in [-0.3, -0.25) is 19.2 Å². The van der Waals surface area contributed by atoms with Gasteiger partial charge >= 0.3 is 0 Å². The zero-order chi connectivity index (χ0) is 22.5. The van der Waals surface area contributed by atoms with Crippen LogP contribution in [0, 0.1) is 11.6 Å². The van der Waals surface area contributed by atoms with Crippen molar-refractivity contribution < 1.29 is 28.0 Å². The van der Waals surface area contributed by atoms with E-state index in [-0.39, 0.29) is 37.3 Å². The highest BCUT2D eigenvalue weighted by molar-refractivity contribution is 6.37. The molecular weight excluding hydrogens is 408 g/mol. The van der Waals surface area contributed by atoms with Crippen LogP contribution in [0.5, 0.6) is 0 Å². The third-order valence-corrected chi connectivity index (χ3v) is 5.06. The average molecular weight is 429 g/mol. The fourth-order valence-electron chi connectivity index (χ4n) is 3.60. The Kier molecular flexibility index (Phi) is 6.74. The molecule has 1 heterocycles. The number of Topliss-reactive ketones (excluding diaryl/α,β-unsaturated/α-hetero) is 1. The van der Waals surface area contributed by atoms with E-state index in [9.17, 15) is 28.0 Å². The summed E-state index contributed by atoms with van der Waals surface area (Å²) in [5, 5.41) is 2.52. The molecule has 0 spiro atoms. The predicted molar refractivity (Wildman–Crippen MR) is 106 cm³/mol. The summed E-state index contributed by atoms with van der Waals surface area (Å²) >= 11 is 0. The van der Waals surface area contributed by atoms with Crippen LogP contribution in [0.4, 0.5) is 8.78 Å². The number of hydrogen-bond donors (Lipinski definition) is 2. The number of amides is 3. The first-order valence-corrected chi connectivity index (χ1v) is 9.67. The lowest BCUT2D eigenvalue weighted by Crippen LogP contribution is -2.53. The van der Waals surface area contributed by atoms with E-state index in [0.29, 0.717) is 11.6 Å². The summed E-state index contributed by atoms with van der Waals surface area (Å²) in [6, 6.07) is 9.48. The molecule has 2 aromatic rings. The fourth-order valence-corrected chi connectivity index (χ4v) is 3.60. The van der Waals surface area contributed by atoms with Gasteiger partial charge in [0.25, 0.3) is 5.91 Å². The fraction of sp³-hybridized carbons (Fsp3) is 0.273. The van der Waals surface area contributed by atoms with Crippen molar-refractivity contribution in [2.75, 3.05) is 0 Å². The van der Waals surface area contributed by atoms with Gasteiger partial charge in [0, 0.05) is 25.5 Å². The minimum atomic E-state index is -1.20. The van der Waals surface area contributed by atoms with Gasteiger partial charge in [0.1, 0.15) is 23.7 Å². The Labute approximate surface area is 177 Å². The summed E-state index contributed by atoms with van der Waals surface area (Å²) in [5.41, 5.74) is 6.02. The molecule has 7 nitrogen and oxygen atoms in total. The highest BCUT2D eigenvalue weighted by Crippen LogP contribution is 2.23. The van der Waals surface area contributed by atoms with Gasteiger partial charge in [0.05, 0.1) is 0 Å². The van der Waals surface area contributed by atoms with Crippen LogP contribution >= 0.6 is 0 Å². The average Bonchev–Trinajstić information content (AvgIpc) is 3.07. The number of benzene rings is 2. The summed E-state index contributed by atoms with van der Waals surface area (Å²) in [7, 11) is 0. The largest absolute Gasteiger partial charge is 0.363 e. The monoisotopic (exact) mass is 429 g/mol. The summed E-state index contributed by atoms with van der Waals surface area (Å²) < 4.78 is 27.0. The maximum Gasteiger partial charge on any atom is 0.287 e. The third kappa shape index (κ3) is 5.50. The predicted octanol–water partition coefficient (Wildman–Crippen LogP) is 1.24. The lowest BCUT2D eigenvalue weighted by atomic mass is 10.0. The van der Waals surface area contributed by atoms with Crippen LogP contribution in [0.3, 0.4) is 0 Å². The van der Waals surface area contributed by atoms with Crippen LogP contribution < -0.4 is 11.1 Å². The Morgan fingerprint density at radius 2 is 1.71 bits per heavy atom. The van der Waals surface area contributed by atoms with Gasteiger partial charge in [-0.15, -0.1) is 0 Å². The molecule has 0 saturated carbocycles. The number of primary amides is 1. The van der Waals surface area contributed by atoms with Gasteiger partial charge in [-0.1, -0.05) is 30.3 Å². The van der Waals surface area contributed by atoms with Gasteiger partial charge in [-0.05, 0) is 29.7 Å². The molecule has 1 aliphatic rings. The van der Waals surface area contributed by atoms with Crippen molar-refractivity contribution in [2.45, 2.75) is 37.9 Å². The number of hydrogen-bond acceptors (Lipinski definition) is 4. The Hall–Kier alpha value is -3.62. The maximum absolute atomic E-state index is 13.5. The number of nitrogens with zero attached hydrogens (tertiary/aromatic N) is 1. The Morgan fingerprint density at radius 3 is 2.32 bits per heavy atom. The summed E-state index contributed by atoms with van der Waals surface area (Å²) in [5.74, 6) is -4.73. The number of carbonyl (C=O) groups is 4. The Bertz CT molecular complexity index is 993. The van der Waals surface area contributed by atoms with Crippen molar-refractivity contribution in [1.29, 1.82) is 0 Å². The minimum absolute atomic E-state index is 0.0458. The molecule has 2 atom stereocenters. The third-order valence-electron chi connectivity index (χ3n) is 5.06. The Balaban J connectivity index is 1.77. The lowest BCUT2D eigenvalue weighted by Gasteiger charge is -2.26. The van der Waals surface area contributed by atoms with Crippen molar-refractivity contribution >= 4 is 23.5 Å². The first-order chi connectivity index (χ1) is 14.7. The van der Waals surface area contributed by atoms with E-state index < -0.39 is 41.3 Å². The molecule has 1 fully saturated rings. The number of halogens is 2.